The molecule has 0 aliphatic heterocycles. The van der Waals surface area contributed by atoms with Gasteiger partial charge in [0.05, 0.1) is 12.9 Å². The van der Waals surface area contributed by atoms with E-state index < -0.39 is 0 Å². The van der Waals surface area contributed by atoms with Gasteiger partial charge in [0, 0.05) is 38.0 Å². The molecule has 22 heavy (non-hydrogen) atoms. The first-order chi connectivity index (χ1) is 10.7. The number of nitrogens with zero attached hydrogens (tertiary/aromatic N) is 4. The molecule has 0 unspecified atom stereocenters. The van der Waals surface area contributed by atoms with Gasteiger partial charge < -0.3 is 14.6 Å². The van der Waals surface area contributed by atoms with Gasteiger partial charge in [-0.3, -0.25) is 0 Å². The van der Waals surface area contributed by atoms with Crippen LogP contribution < -0.4 is 10.1 Å². The second-order valence-electron chi connectivity index (χ2n) is 5.62. The van der Waals surface area contributed by atoms with E-state index in [1.54, 1.807) is 6.20 Å². The second-order valence-corrected chi connectivity index (χ2v) is 5.62. The van der Waals surface area contributed by atoms with Gasteiger partial charge in [-0.25, -0.2) is 9.97 Å². The number of hydrogen-bond donors (Lipinski definition) is 1. The molecule has 6 nitrogen and oxygen atoms in total. The highest BCUT2D eigenvalue weighted by Gasteiger charge is 2.07. The predicted molar refractivity (Wildman–Crippen MR) is 87.1 cm³/mol. The third-order valence-corrected chi connectivity index (χ3v) is 3.09. The summed E-state index contributed by atoms with van der Waals surface area (Å²) in [5.74, 6) is 2.83. The Morgan fingerprint density at radius 1 is 1.32 bits per heavy atom. The van der Waals surface area contributed by atoms with Crippen molar-refractivity contribution < 1.29 is 4.74 Å². The van der Waals surface area contributed by atoms with Crippen molar-refractivity contribution >= 4 is 5.82 Å². The fourth-order valence-electron chi connectivity index (χ4n) is 2.14. The molecule has 0 spiro atoms. The van der Waals surface area contributed by atoms with Crippen LogP contribution in [-0.4, -0.2) is 32.7 Å². The predicted octanol–water partition coefficient (Wildman–Crippen LogP) is 2.77. The van der Waals surface area contributed by atoms with Crippen molar-refractivity contribution in [2.45, 2.75) is 40.2 Å². The van der Waals surface area contributed by atoms with Gasteiger partial charge in [0.25, 0.3) is 0 Å². The highest BCUT2D eigenvalue weighted by atomic mass is 16.5. The average molecular weight is 303 g/mol. The second kappa shape index (κ2) is 8.36. The summed E-state index contributed by atoms with van der Waals surface area (Å²) in [4.78, 5) is 13.1. The molecule has 2 rings (SSSR count). The fourth-order valence-corrected chi connectivity index (χ4v) is 2.14. The van der Waals surface area contributed by atoms with E-state index in [4.69, 9.17) is 4.74 Å². The number of anilines is 1. The first-order valence-electron chi connectivity index (χ1n) is 7.87. The first kappa shape index (κ1) is 16.3. The monoisotopic (exact) mass is 303 g/mol. The molecular weight excluding hydrogens is 278 g/mol. The number of imidazole rings is 1. The zero-order valence-corrected chi connectivity index (χ0v) is 13.6. The topological polar surface area (TPSA) is 64.9 Å². The maximum absolute atomic E-state index is 5.53. The zero-order valence-electron chi connectivity index (χ0n) is 13.6. The maximum atomic E-state index is 5.53. The van der Waals surface area contributed by atoms with Crippen LogP contribution in [0.25, 0.3) is 0 Å². The van der Waals surface area contributed by atoms with Gasteiger partial charge in [0.2, 0.25) is 5.88 Å². The number of nitrogens with one attached hydrogen (secondary N) is 1. The van der Waals surface area contributed by atoms with Crippen molar-refractivity contribution in [3.05, 3.63) is 30.6 Å². The standard InChI is InChI=1S/C16H25N5O/c1-4-22-16-11-14(19-15(20-16)10-13(2)3)18-6-5-8-21-9-7-17-12-21/h7,9,11-13H,4-6,8,10H2,1-3H3,(H,18,19,20). The number of aryl methyl sites for hydroxylation is 1. The minimum Gasteiger partial charge on any atom is -0.478 e. The Balaban J connectivity index is 1.91. The molecule has 1 N–H and O–H groups in total. The van der Waals surface area contributed by atoms with Crippen LogP contribution in [0.2, 0.25) is 0 Å². The third kappa shape index (κ3) is 5.35. The first-order valence-corrected chi connectivity index (χ1v) is 7.87. The number of hydrogen-bond acceptors (Lipinski definition) is 5. The zero-order chi connectivity index (χ0) is 15.8. The van der Waals surface area contributed by atoms with Gasteiger partial charge in [-0.1, -0.05) is 13.8 Å². The van der Waals surface area contributed by atoms with E-state index in [1.807, 2.05) is 25.5 Å². The Hall–Kier alpha value is -2.11. The van der Waals surface area contributed by atoms with Crippen LogP contribution in [0.3, 0.4) is 0 Å². The molecule has 120 valence electrons. The Kier molecular flexibility index (Phi) is 6.18. The molecule has 0 fully saturated rings. The lowest BCUT2D eigenvalue weighted by molar-refractivity contribution is 0.324. The Morgan fingerprint density at radius 2 is 2.18 bits per heavy atom. The maximum Gasteiger partial charge on any atom is 0.218 e. The van der Waals surface area contributed by atoms with E-state index >= 15 is 0 Å². The number of aromatic nitrogens is 4. The highest BCUT2D eigenvalue weighted by Crippen LogP contribution is 2.15. The van der Waals surface area contributed by atoms with Gasteiger partial charge >= 0.3 is 0 Å². The average Bonchev–Trinajstić information content (AvgIpc) is 2.96. The molecule has 2 aromatic heterocycles. The van der Waals surface area contributed by atoms with Crippen LogP contribution in [0.4, 0.5) is 5.82 Å². The minimum absolute atomic E-state index is 0.519. The van der Waals surface area contributed by atoms with E-state index in [2.05, 4.69) is 38.7 Å². The molecule has 0 saturated carbocycles. The van der Waals surface area contributed by atoms with Crippen LogP contribution in [0, 0.1) is 5.92 Å². The number of ether oxygens (including phenoxy) is 1. The van der Waals surface area contributed by atoms with Crippen LogP contribution >= 0.6 is 0 Å². The summed E-state index contributed by atoms with van der Waals surface area (Å²) >= 11 is 0. The summed E-state index contributed by atoms with van der Waals surface area (Å²) in [6, 6.07) is 1.87. The Morgan fingerprint density at radius 3 is 2.86 bits per heavy atom. The van der Waals surface area contributed by atoms with Crippen LogP contribution in [0.1, 0.15) is 33.0 Å². The van der Waals surface area contributed by atoms with Crippen LogP contribution in [-0.2, 0) is 13.0 Å². The smallest absolute Gasteiger partial charge is 0.218 e. The third-order valence-electron chi connectivity index (χ3n) is 3.09. The van der Waals surface area contributed by atoms with E-state index in [0.717, 1.165) is 37.6 Å². The summed E-state index contributed by atoms with van der Waals surface area (Å²) in [6.07, 6.45) is 7.45. The molecule has 0 saturated heterocycles. The largest absolute Gasteiger partial charge is 0.478 e. The van der Waals surface area contributed by atoms with Gasteiger partial charge in [-0.2, -0.15) is 4.98 Å². The van der Waals surface area contributed by atoms with Gasteiger partial charge in [0.1, 0.15) is 11.6 Å². The van der Waals surface area contributed by atoms with E-state index in [-0.39, 0.29) is 0 Å². The molecule has 0 aromatic carbocycles. The normalized spacial score (nSPS) is 10.9. The van der Waals surface area contributed by atoms with Crippen LogP contribution in [0.5, 0.6) is 5.88 Å². The fraction of sp³-hybridized carbons (Fsp3) is 0.562. The molecule has 2 heterocycles. The van der Waals surface area contributed by atoms with Crippen molar-refractivity contribution in [3.8, 4) is 5.88 Å². The Labute approximate surface area is 132 Å². The van der Waals surface area contributed by atoms with Crippen molar-refractivity contribution in [1.29, 1.82) is 0 Å². The van der Waals surface area contributed by atoms with E-state index in [9.17, 15) is 0 Å². The highest BCUT2D eigenvalue weighted by molar-refractivity contribution is 5.38. The molecule has 0 amide bonds. The summed E-state index contributed by atoms with van der Waals surface area (Å²) in [5, 5.41) is 3.35. The summed E-state index contributed by atoms with van der Waals surface area (Å²) in [7, 11) is 0. The van der Waals surface area contributed by atoms with Crippen molar-refractivity contribution in [2.24, 2.45) is 5.92 Å². The quantitative estimate of drug-likeness (QED) is 0.722. The van der Waals surface area contributed by atoms with E-state index in [1.165, 1.54) is 0 Å². The van der Waals surface area contributed by atoms with Crippen molar-refractivity contribution in [1.82, 2.24) is 19.5 Å². The molecule has 0 bridgehead atoms. The van der Waals surface area contributed by atoms with Gasteiger partial charge in [0.15, 0.2) is 0 Å². The van der Waals surface area contributed by atoms with Gasteiger partial charge in [-0.15, -0.1) is 0 Å². The molecule has 6 heteroatoms. The van der Waals surface area contributed by atoms with Crippen molar-refractivity contribution in [2.75, 3.05) is 18.5 Å². The van der Waals surface area contributed by atoms with Crippen LogP contribution in [0.15, 0.2) is 24.8 Å². The van der Waals surface area contributed by atoms with Gasteiger partial charge in [-0.05, 0) is 19.3 Å². The molecule has 0 aliphatic carbocycles. The van der Waals surface area contributed by atoms with E-state index in [0.29, 0.717) is 18.4 Å². The molecule has 2 aromatic rings. The van der Waals surface area contributed by atoms with Crippen molar-refractivity contribution in [3.63, 3.8) is 0 Å². The lowest BCUT2D eigenvalue weighted by Crippen LogP contribution is -2.10. The molecule has 0 atom stereocenters. The Bertz CT molecular complexity index is 554. The molecule has 0 aliphatic rings. The molecule has 0 radical (unpaired) electrons. The minimum atomic E-state index is 0.519. The summed E-state index contributed by atoms with van der Waals surface area (Å²) in [5.41, 5.74) is 0. The number of rotatable bonds is 9. The SMILES string of the molecule is CCOc1cc(NCCCn2ccnc2)nc(CC(C)C)n1. The lowest BCUT2D eigenvalue weighted by Gasteiger charge is -2.11. The molecular formula is C16H25N5O. The summed E-state index contributed by atoms with van der Waals surface area (Å²) < 4.78 is 7.60. The lowest BCUT2D eigenvalue weighted by atomic mass is 10.1. The summed E-state index contributed by atoms with van der Waals surface area (Å²) in [6.45, 7) is 8.68.